The number of aryl methyl sites for hydroxylation is 2. The highest BCUT2D eigenvalue weighted by Crippen LogP contribution is 2.39. The van der Waals surface area contributed by atoms with Crippen molar-refractivity contribution in [2.45, 2.75) is 65.4 Å². The third-order valence-electron chi connectivity index (χ3n) is 13.6. The number of aromatic nitrogens is 1. The molecule has 0 radical (unpaired) electrons. The number of carbonyl (C=O) groups excluding carboxylic acids is 4. The number of aliphatic hydroxyl groups excluding tert-OH is 1. The molecule has 5 aromatic rings. The number of ether oxygens (including phenoxy) is 7. The quantitative estimate of drug-likeness (QED) is 0.0287. The SMILES string of the molecule is [C-]#[N+]c1ccc(Oc2ccc(/C=C3\SC(=O)N(CCOCCOCCOCCOCCOc4cc(-c5scnc5C)ccc4CNC(=O)[C@@H]4C[C@@H](O)CN4C(=O)[C@H](C(C)C)N4Cc5ccccc5C4=C)C3=O)cc2OC)c(C)c1. The molecule has 2 saturated heterocycles. The lowest BCUT2D eigenvalue weighted by Gasteiger charge is -2.36. The summed E-state index contributed by atoms with van der Waals surface area (Å²) in [6.45, 7) is 22.7. The standard InChI is InChI=1S/C59H66N6O12S2/c1-37(2)54(64-34-44-10-8-9-11-47(44)40(64)5)58(69)65-35-46(66)32-48(65)56(67)61-33-43-14-13-42(55-39(4)62-36-78-55)31-51(43)76-27-26-75-25-24-74-23-22-73-21-20-72-19-18-63-57(68)53(79-59(63)70)30-41-12-16-50(52(29-41)71-7)77-49-17-15-45(60-6)28-38(49)3/h8-17,28-31,36-37,46,48,54,66H,5,18-27,32-35H2,1-4,7H3,(H,61,67)/b53-30-/t46-,48+,54+/m1/s1. The van der Waals surface area contributed by atoms with Gasteiger partial charge in [-0.1, -0.05) is 69.0 Å². The zero-order chi connectivity index (χ0) is 56.0. The number of nitrogens with one attached hydrogen (secondary N) is 1. The number of β-amino-alcohol motifs (C(OH)–C–C–N with tert-alkyl or cyclic N) is 1. The van der Waals surface area contributed by atoms with E-state index in [-0.39, 0.29) is 80.4 Å². The van der Waals surface area contributed by atoms with Crippen molar-refractivity contribution in [2.24, 2.45) is 5.92 Å². The zero-order valence-electron chi connectivity index (χ0n) is 45.1. The molecule has 20 heteroatoms. The van der Waals surface area contributed by atoms with Crippen molar-refractivity contribution in [1.82, 2.24) is 25.0 Å². The van der Waals surface area contributed by atoms with Crippen molar-refractivity contribution in [1.29, 1.82) is 0 Å². The number of thiazole rings is 1. The van der Waals surface area contributed by atoms with Crippen LogP contribution in [-0.4, -0.2) is 146 Å². The van der Waals surface area contributed by atoms with Crippen LogP contribution in [0.1, 0.15) is 53.8 Å². The monoisotopic (exact) mass is 1110 g/mol. The molecule has 1 aromatic heterocycles. The lowest BCUT2D eigenvalue weighted by Crippen LogP contribution is -2.54. The highest BCUT2D eigenvalue weighted by Gasteiger charge is 2.45. The molecule has 79 heavy (non-hydrogen) atoms. The number of amides is 4. The summed E-state index contributed by atoms with van der Waals surface area (Å²) >= 11 is 2.39. The van der Waals surface area contributed by atoms with Crippen LogP contribution in [0.5, 0.6) is 23.0 Å². The number of aliphatic hydroxyl groups is 1. The summed E-state index contributed by atoms with van der Waals surface area (Å²) in [4.78, 5) is 68.0. The molecule has 4 aromatic carbocycles. The Kier molecular flexibility index (Phi) is 20.3. The van der Waals surface area contributed by atoms with Gasteiger partial charge in [0.2, 0.25) is 11.8 Å². The predicted octanol–water partition coefficient (Wildman–Crippen LogP) is 9.05. The Balaban J connectivity index is 0.715. The number of imide groups is 1. The number of nitrogens with zero attached hydrogens (tertiary/aromatic N) is 5. The molecule has 0 unspecified atom stereocenters. The van der Waals surface area contributed by atoms with Crippen molar-refractivity contribution in [3.05, 3.63) is 141 Å². The van der Waals surface area contributed by atoms with E-state index in [1.54, 1.807) is 48.0 Å². The lowest BCUT2D eigenvalue weighted by atomic mass is 10.00. The second-order valence-corrected chi connectivity index (χ2v) is 21.2. The van der Waals surface area contributed by atoms with E-state index < -0.39 is 24.1 Å². The van der Waals surface area contributed by atoms with Crippen LogP contribution >= 0.6 is 23.1 Å². The van der Waals surface area contributed by atoms with Gasteiger partial charge >= 0.3 is 0 Å². The van der Waals surface area contributed by atoms with Gasteiger partial charge in [0, 0.05) is 42.9 Å². The predicted molar refractivity (Wildman–Crippen MR) is 302 cm³/mol. The Morgan fingerprint density at radius 2 is 1.59 bits per heavy atom. The minimum absolute atomic E-state index is 0.0646. The Morgan fingerprint density at radius 1 is 0.886 bits per heavy atom. The first-order chi connectivity index (χ1) is 38.2. The van der Waals surface area contributed by atoms with E-state index in [0.29, 0.717) is 73.8 Å². The molecule has 416 valence electrons. The van der Waals surface area contributed by atoms with Crippen LogP contribution in [0.25, 0.3) is 27.1 Å². The van der Waals surface area contributed by atoms with Gasteiger partial charge in [-0.3, -0.25) is 24.1 Å². The van der Waals surface area contributed by atoms with E-state index in [2.05, 4.69) is 21.7 Å². The molecule has 8 rings (SSSR count). The highest BCUT2D eigenvalue weighted by atomic mass is 32.2. The summed E-state index contributed by atoms with van der Waals surface area (Å²) in [5.74, 6) is 1.01. The molecular weight excluding hydrogens is 1050 g/mol. The number of hydrogen-bond donors (Lipinski definition) is 2. The Labute approximate surface area is 469 Å². The van der Waals surface area contributed by atoms with Crippen LogP contribution in [0.2, 0.25) is 0 Å². The zero-order valence-corrected chi connectivity index (χ0v) is 46.7. The average Bonchev–Trinajstić information content (AvgIpc) is 4.23. The topological polar surface area (TPSA) is 192 Å². The second-order valence-electron chi connectivity index (χ2n) is 19.3. The molecule has 0 spiro atoms. The summed E-state index contributed by atoms with van der Waals surface area (Å²) in [7, 11) is 1.52. The number of fused-ring (bicyclic) bond motifs is 1. The first-order valence-electron chi connectivity index (χ1n) is 26.1. The summed E-state index contributed by atoms with van der Waals surface area (Å²) < 4.78 is 40.6. The molecule has 18 nitrogen and oxygen atoms in total. The molecule has 3 aliphatic heterocycles. The third-order valence-corrected chi connectivity index (χ3v) is 15.4. The van der Waals surface area contributed by atoms with E-state index in [1.807, 2.05) is 75.1 Å². The fraction of sp³-hybridized carbons (Fsp3) is 0.390. The molecular formula is C59H66N6O12S2. The summed E-state index contributed by atoms with van der Waals surface area (Å²) in [5.41, 5.74) is 9.21. The van der Waals surface area contributed by atoms with Gasteiger partial charge in [0.25, 0.3) is 11.1 Å². The van der Waals surface area contributed by atoms with E-state index >= 15 is 0 Å². The van der Waals surface area contributed by atoms with Crippen molar-refractivity contribution in [3.8, 4) is 33.4 Å². The maximum absolute atomic E-state index is 14.4. The van der Waals surface area contributed by atoms with Crippen molar-refractivity contribution in [3.63, 3.8) is 0 Å². The summed E-state index contributed by atoms with van der Waals surface area (Å²) in [6.07, 6.45) is 0.935. The minimum Gasteiger partial charge on any atom is -0.493 e. The van der Waals surface area contributed by atoms with Crippen molar-refractivity contribution < 1.29 is 57.4 Å². The first kappa shape index (κ1) is 58.1. The van der Waals surface area contributed by atoms with Gasteiger partial charge in [-0.25, -0.2) is 9.83 Å². The summed E-state index contributed by atoms with van der Waals surface area (Å²) in [5, 5.41) is 13.5. The smallest absolute Gasteiger partial charge is 0.293 e. The van der Waals surface area contributed by atoms with Gasteiger partial charge in [0.1, 0.15) is 30.2 Å². The normalized spacial score (nSPS) is 17.0. The molecule has 0 aliphatic carbocycles. The van der Waals surface area contributed by atoms with Crippen LogP contribution in [0.15, 0.2) is 95.9 Å². The number of carbonyl (C=O) groups is 4. The molecule has 4 heterocycles. The van der Waals surface area contributed by atoms with Crippen LogP contribution in [0.4, 0.5) is 10.5 Å². The number of methoxy groups -OCH3 is 1. The van der Waals surface area contributed by atoms with Crippen molar-refractivity contribution >= 4 is 63.5 Å². The number of likely N-dealkylation sites (tertiary alicyclic amines) is 1. The Hall–Kier alpha value is -7.09. The highest BCUT2D eigenvalue weighted by molar-refractivity contribution is 8.18. The van der Waals surface area contributed by atoms with E-state index in [1.165, 1.54) is 23.3 Å². The molecule has 2 N–H and O–H groups in total. The maximum atomic E-state index is 14.4. The molecule has 3 atom stereocenters. The van der Waals surface area contributed by atoms with Crippen LogP contribution in [-0.2, 0) is 46.4 Å². The lowest BCUT2D eigenvalue weighted by molar-refractivity contribution is -0.143. The first-order valence-corrected chi connectivity index (χ1v) is 27.8. The van der Waals surface area contributed by atoms with Crippen LogP contribution < -0.4 is 19.5 Å². The number of rotatable bonds is 27. The molecule has 4 amide bonds. The fourth-order valence-electron chi connectivity index (χ4n) is 9.52. The average molecular weight is 1120 g/mol. The molecule has 3 aliphatic rings. The number of hydrogen-bond acceptors (Lipinski definition) is 16. The fourth-order valence-corrected chi connectivity index (χ4v) is 11.2. The van der Waals surface area contributed by atoms with Gasteiger partial charge in [0.15, 0.2) is 17.2 Å². The van der Waals surface area contributed by atoms with Gasteiger partial charge in [0.05, 0.1) is 100 Å². The van der Waals surface area contributed by atoms with E-state index in [4.69, 9.17) is 39.7 Å². The Morgan fingerprint density at radius 3 is 2.27 bits per heavy atom. The van der Waals surface area contributed by atoms with Gasteiger partial charge in [-0.15, -0.1) is 11.3 Å². The summed E-state index contributed by atoms with van der Waals surface area (Å²) in [6, 6.07) is 22.8. The molecule has 0 bridgehead atoms. The third kappa shape index (κ3) is 14.6. The van der Waals surface area contributed by atoms with Gasteiger partial charge < -0.3 is 53.4 Å². The minimum atomic E-state index is -0.849. The maximum Gasteiger partial charge on any atom is 0.293 e. The number of benzene rings is 4. The van der Waals surface area contributed by atoms with E-state index in [9.17, 15) is 24.3 Å². The molecule has 0 saturated carbocycles. The van der Waals surface area contributed by atoms with Crippen LogP contribution in [0, 0.1) is 26.3 Å². The Bertz CT molecular complexity index is 3080. The molecule has 2 fully saturated rings. The largest absolute Gasteiger partial charge is 0.493 e. The van der Waals surface area contributed by atoms with Gasteiger partial charge in [-0.2, -0.15) is 0 Å². The van der Waals surface area contributed by atoms with Gasteiger partial charge in [-0.05, 0) is 90.2 Å². The van der Waals surface area contributed by atoms with E-state index in [0.717, 1.165) is 60.7 Å². The van der Waals surface area contributed by atoms with Crippen molar-refractivity contribution in [2.75, 3.05) is 79.7 Å². The van der Waals surface area contributed by atoms with Crippen LogP contribution in [0.3, 0.4) is 0 Å². The second kappa shape index (κ2) is 27.7. The number of thioether (sulfide) groups is 1.